The molecule has 9 heteroatoms. The quantitative estimate of drug-likeness (QED) is 0.621. The summed E-state index contributed by atoms with van der Waals surface area (Å²) in [6.45, 7) is 0.0508. The molecule has 120 valence electrons. The number of anilines is 2. The molecule has 0 fully saturated rings. The fourth-order valence-corrected chi connectivity index (χ4v) is 2.66. The summed E-state index contributed by atoms with van der Waals surface area (Å²) in [6.07, 6.45) is -5.23. The van der Waals surface area contributed by atoms with Gasteiger partial charge in [0, 0.05) is 27.1 Å². The van der Waals surface area contributed by atoms with Crippen molar-refractivity contribution in [2.45, 2.75) is 23.9 Å². The van der Waals surface area contributed by atoms with Crippen LogP contribution in [0, 0.1) is 0 Å². The predicted octanol–water partition coefficient (Wildman–Crippen LogP) is 2.27. The number of sulfonamides is 1. The fraction of sp³-hybridized carbons (Fsp3) is 0.500. The number of nitrogen functional groups attached to an aromatic ring is 1. The molecule has 1 aromatic rings. The van der Waals surface area contributed by atoms with E-state index in [1.54, 1.807) is 0 Å². The Morgan fingerprint density at radius 1 is 1.29 bits per heavy atom. The standard InChI is InChI=1S/C12H18F3N3O2S/c1-18(2)21(19,20)10-6-3-5-9(11(10)16)17-8-4-7-12(13,14)15/h3,5-6,17H,4,7-8,16H2,1-2H3. The van der Waals surface area contributed by atoms with E-state index in [1.165, 1.54) is 32.3 Å². The summed E-state index contributed by atoms with van der Waals surface area (Å²) in [5.41, 5.74) is 6.09. The van der Waals surface area contributed by atoms with Gasteiger partial charge in [0.1, 0.15) is 4.90 Å². The van der Waals surface area contributed by atoms with Crippen LogP contribution in [0.1, 0.15) is 12.8 Å². The summed E-state index contributed by atoms with van der Waals surface area (Å²) in [5.74, 6) is 0. The molecule has 0 spiro atoms. The molecule has 0 aliphatic rings. The van der Waals surface area contributed by atoms with Crippen molar-refractivity contribution in [3.63, 3.8) is 0 Å². The van der Waals surface area contributed by atoms with E-state index in [0.717, 1.165) is 4.31 Å². The van der Waals surface area contributed by atoms with Gasteiger partial charge in [0.15, 0.2) is 0 Å². The van der Waals surface area contributed by atoms with Crippen LogP contribution in [0.15, 0.2) is 23.1 Å². The van der Waals surface area contributed by atoms with Crippen LogP contribution in [0.25, 0.3) is 0 Å². The monoisotopic (exact) mass is 325 g/mol. The van der Waals surface area contributed by atoms with Crippen LogP contribution in [-0.2, 0) is 10.0 Å². The predicted molar refractivity (Wildman–Crippen MR) is 75.5 cm³/mol. The Morgan fingerprint density at radius 3 is 2.43 bits per heavy atom. The van der Waals surface area contributed by atoms with Crippen LogP contribution in [0.2, 0.25) is 0 Å². The average Bonchev–Trinajstić information content (AvgIpc) is 2.34. The maximum absolute atomic E-state index is 12.0. The number of rotatable bonds is 6. The maximum atomic E-state index is 12.0. The SMILES string of the molecule is CN(C)S(=O)(=O)c1cccc(NCCCC(F)(F)F)c1N. The van der Waals surface area contributed by atoms with E-state index < -0.39 is 22.6 Å². The molecule has 0 saturated heterocycles. The van der Waals surface area contributed by atoms with Gasteiger partial charge in [-0.3, -0.25) is 0 Å². The zero-order valence-electron chi connectivity index (χ0n) is 11.7. The molecule has 0 aliphatic carbocycles. The first kappa shape index (κ1) is 17.6. The third kappa shape index (κ3) is 4.78. The Balaban J connectivity index is 2.83. The smallest absolute Gasteiger partial charge is 0.389 e. The van der Waals surface area contributed by atoms with E-state index in [0.29, 0.717) is 5.69 Å². The zero-order valence-corrected chi connectivity index (χ0v) is 12.6. The van der Waals surface area contributed by atoms with Crippen LogP contribution >= 0.6 is 0 Å². The maximum Gasteiger partial charge on any atom is 0.389 e. The van der Waals surface area contributed by atoms with Gasteiger partial charge in [-0.05, 0) is 18.6 Å². The Kier molecular flexibility index (Phi) is 5.46. The minimum absolute atomic E-state index is 0.00166. The van der Waals surface area contributed by atoms with Gasteiger partial charge in [0.05, 0.1) is 11.4 Å². The number of para-hydroxylation sites is 1. The normalized spacial score (nSPS) is 12.7. The Hall–Kier alpha value is -1.48. The molecule has 1 aromatic carbocycles. The van der Waals surface area contributed by atoms with Gasteiger partial charge in [0.25, 0.3) is 0 Å². The van der Waals surface area contributed by atoms with Crippen molar-refractivity contribution in [2.75, 3.05) is 31.7 Å². The van der Waals surface area contributed by atoms with Crippen LogP contribution in [0.3, 0.4) is 0 Å². The Morgan fingerprint density at radius 2 is 1.90 bits per heavy atom. The highest BCUT2D eigenvalue weighted by Crippen LogP contribution is 2.28. The number of halogens is 3. The zero-order chi connectivity index (χ0) is 16.3. The van der Waals surface area contributed by atoms with Gasteiger partial charge in [-0.1, -0.05) is 6.07 Å². The topological polar surface area (TPSA) is 75.4 Å². The van der Waals surface area contributed by atoms with Gasteiger partial charge in [-0.15, -0.1) is 0 Å². The molecule has 0 heterocycles. The third-order valence-corrected chi connectivity index (χ3v) is 4.65. The first-order valence-electron chi connectivity index (χ1n) is 6.17. The second kappa shape index (κ2) is 6.52. The molecule has 0 unspecified atom stereocenters. The van der Waals surface area contributed by atoms with Crippen molar-refractivity contribution < 1.29 is 21.6 Å². The van der Waals surface area contributed by atoms with Crippen LogP contribution < -0.4 is 11.1 Å². The number of nitrogens with one attached hydrogen (secondary N) is 1. The molecule has 21 heavy (non-hydrogen) atoms. The van der Waals surface area contributed by atoms with Crippen LogP contribution in [0.5, 0.6) is 0 Å². The molecule has 0 atom stereocenters. The highest BCUT2D eigenvalue weighted by molar-refractivity contribution is 7.89. The minimum atomic E-state index is -4.21. The summed E-state index contributed by atoms with van der Waals surface area (Å²) < 4.78 is 61.2. The summed E-state index contributed by atoms with van der Waals surface area (Å²) in [7, 11) is -0.949. The first-order chi connectivity index (χ1) is 9.55. The third-order valence-electron chi connectivity index (χ3n) is 2.78. The summed E-state index contributed by atoms with van der Waals surface area (Å²) >= 11 is 0. The summed E-state index contributed by atoms with van der Waals surface area (Å²) in [6, 6.07) is 4.36. The molecule has 0 bridgehead atoms. The highest BCUT2D eigenvalue weighted by atomic mass is 32.2. The number of benzene rings is 1. The van der Waals surface area contributed by atoms with E-state index in [4.69, 9.17) is 5.73 Å². The molecule has 0 amide bonds. The van der Waals surface area contributed by atoms with E-state index in [2.05, 4.69) is 5.32 Å². The molecule has 0 saturated carbocycles. The molecule has 0 aromatic heterocycles. The van der Waals surface area contributed by atoms with Crippen molar-refractivity contribution >= 4 is 21.4 Å². The molecular formula is C12H18F3N3O2S. The van der Waals surface area contributed by atoms with E-state index >= 15 is 0 Å². The molecule has 5 nitrogen and oxygen atoms in total. The average molecular weight is 325 g/mol. The van der Waals surface area contributed by atoms with Gasteiger partial charge in [0.2, 0.25) is 10.0 Å². The van der Waals surface area contributed by atoms with Gasteiger partial charge in [-0.25, -0.2) is 12.7 Å². The number of hydrogen-bond donors (Lipinski definition) is 2. The fourth-order valence-electron chi connectivity index (χ4n) is 1.63. The number of alkyl halides is 3. The second-order valence-corrected chi connectivity index (χ2v) is 6.77. The van der Waals surface area contributed by atoms with Crippen molar-refractivity contribution in [3.8, 4) is 0 Å². The number of nitrogens with two attached hydrogens (primary N) is 1. The van der Waals surface area contributed by atoms with E-state index in [-0.39, 0.29) is 23.5 Å². The summed E-state index contributed by atoms with van der Waals surface area (Å²) in [5, 5.41) is 2.73. The van der Waals surface area contributed by atoms with Crippen LogP contribution in [0.4, 0.5) is 24.5 Å². The lowest BCUT2D eigenvalue weighted by Gasteiger charge is -2.16. The van der Waals surface area contributed by atoms with Gasteiger partial charge >= 0.3 is 6.18 Å². The second-order valence-electron chi connectivity index (χ2n) is 4.65. The number of nitrogens with zero attached hydrogens (tertiary/aromatic N) is 1. The lowest BCUT2D eigenvalue weighted by atomic mass is 10.2. The van der Waals surface area contributed by atoms with E-state index in [1.807, 2.05) is 0 Å². The minimum Gasteiger partial charge on any atom is -0.396 e. The highest BCUT2D eigenvalue weighted by Gasteiger charge is 2.26. The van der Waals surface area contributed by atoms with Gasteiger partial charge < -0.3 is 11.1 Å². The Bertz CT molecular complexity index is 586. The lowest BCUT2D eigenvalue weighted by Crippen LogP contribution is -2.23. The van der Waals surface area contributed by atoms with Crippen molar-refractivity contribution in [3.05, 3.63) is 18.2 Å². The molecule has 0 radical (unpaired) electrons. The number of hydrogen-bond acceptors (Lipinski definition) is 4. The Labute approximate surface area is 122 Å². The molecule has 0 aliphatic heterocycles. The molecule has 3 N–H and O–H groups in total. The van der Waals surface area contributed by atoms with Crippen LogP contribution in [-0.4, -0.2) is 39.5 Å². The van der Waals surface area contributed by atoms with Crippen molar-refractivity contribution in [1.29, 1.82) is 0 Å². The van der Waals surface area contributed by atoms with Crippen molar-refractivity contribution in [2.24, 2.45) is 0 Å². The largest absolute Gasteiger partial charge is 0.396 e. The lowest BCUT2D eigenvalue weighted by molar-refractivity contribution is -0.134. The molecular weight excluding hydrogens is 307 g/mol. The summed E-state index contributed by atoms with van der Waals surface area (Å²) in [4.78, 5) is -0.0756. The van der Waals surface area contributed by atoms with Gasteiger partial charge in [-0.2, -0.15) is 13.2 Å². The first-order valence-corrected chi connectivity index (χ1v) is 7.61. The molecule has 1 rings (SSSR count). The van der Waals surface area contributed by atoms with E-state index in [9.17, 15) is 21.6 Å². The van der Waals surface area contributed by atoms with Crippen molar-refractivity contribution in [1.82, 2.24) is 4.31 Å².